The van der Waals surface area contributed by atoms with Crippen LogP contribution in [0, 0.1) is 35.7 Å². The number of sulfonamides is 1. The van der Waals surface area contributed by atoms with Gasteiger partial charge in [0.15, 0.2) is 11.6 Å². The maximum absolute atomic E-state index is 15.4. The molecule has 3 rings (SSSR count). The van der Waals surface area contributed by atoms with Crippen molar-refractivity contribution in [3.63, 3.8) is 0 Å². The number of nitrogens with one attached hydrogen (secondary N) is 1. The van der Waals surface area contributed by atoms with E-state index < -0.39 is 72.9 Å². The first-order valence-electron chi connectivity index (χ1n) is 10.7. The number of ether oxygens (including phenoxy) is 2. The zero-order valence-corrected chi connectivity index (χ0v) is 22.2. The third-order valence-electron chi connectivity index (χ3n) is 4.86. The molecule has 11 nitrogen and oxygen atoms in total. The van der Waals surface area contributed by atoms with Crippen LogP contribution in [0.15, 0.2) is 22.4 Å². The van der Waals surface area contributed by atoms with E-state index in [0.717, 1.165) is 12.1 Å². The number of fused-ring (bicyclic) bond motifs is 1. The average molecular weight is 595 g/mol. The van der Waals surface area contributed by atoms with Gasteiger partial charge in [-0.3, -0.25) is 0 Å². The van der Waals surface area contributed by atoms with Gasteiger partial charge in [0, 0.05) is 24.5 Å². The molecule has 17 heteroatoms. The normalized spacial score (nSPS) is 13.2. The summed E-state index contributed by atoms with van der Waals surface area (Å²) in [6.07, 6.45) is -1.16. The first kappa shape index (κ1) is 29.7. The largest absolute Gasteiger partial charge is 0.486 e. The number of hydrogen-bond donors (Lipinski definition) is 4. The summed E-state index contributed by atoms with van der Waals surface area (Å²) in [5.41, 5.74) is 10.2. The molecule has 0 aliphatic heterocycles. The second-order valence-electron chi connectivity index (χ2n) is 7.57. The lowest BCUT2D eigenvalue weighted by Crippen LogP contribution is -2.25. The number of nitriles is 1. The third-order valence-corrected chi connectivity index (χ3v) is 9.44. The van der Waals surface area contributed by atoms with E-state index in [9.17, 15) is 22.3 Å². The van der Waals surface area contributed by atoms with E-state index in [1.807, 2.05) is 4.72 Å². The average Bonchev–Trinajstić information content (AvgIpc) is 3.22. The molecule has 0 spiro atoms. The number of nitrogens with zero attached hydrogens (tertiary/aromatic N) is 1. The van der Waals surface area contributed by atoms with Gasteiger partial charge in [-0.2, -0.15) is 9.98 Å². The monoisotopic (exact) mass is 594 g/mol. The van der Waals surface area contributed by atoms with Crippen molar-refractivity contribution in [3.05, 3.63) is 46.8 Å². The van der Waals surface area contributed by atoms with E-state index in [4.69, 9.17) is 30.7 Å². The van der Waals surface area contributed by atoms with Gasteiger partial charge in [0.05, 0.1) is 10.3 Å². The van der Waals surface area contributed by atoms with Gasteiger partial charge in [0.2, 0.25) is 11.5 Å². The summed E-state index contributed by atoms with van der Waals surface area (Å²) in [6, 6.07) is 4.31. The van der Waals surface area contributed by atoms with Gasteiger partial charge < -0.3 is 30.4 Å². The molecule has 2 aromatic carbocycles. The molecule has 206 valence electrons. The highest BCUT2D eigenvalue weighted by molar-refractivity contribution is 7.92. The van der Waals surface area contributed by atoms with Crippen molar-refractivity contribution in [2.45, 2.75) is 11.1 Å². The molecule has 1 unspecified atom stereocenters. The molecule has 0 aliphatic rings. The molecule has 1 heterocycles. The minimum Gasteiger partial charge on any atom is -0.486 e. The van der Waals surface area contributed by atoms with Gasteiger partial charge in [-0.1, -0.05) is 0 Å². The quantitative estimate of drug-likeness (QED) is 0.227. The number of nitrogens with two attached hydrogens (primary N) is 2. The molecule has 3 aromatic rings. The minimum absolute atomic E-state index is 0.0269. The fourth-order valence-electron chi connectivity index (χ4n) is 3.24. The van der Waals surface area contributed by atoms with Crippen LogP contribution in [-0.4, -0.2) is 45.9 Å². The smallest absolute Gasteiger partial charge is 0.391 e. The highest BCUT2D eigenvalue weighted by Crippen LogP contribution is 2.47. The van der Waals surface area contributed by atoms with Gasteiger partial charge >= 0.3 is 7.60 Å². The topological polar surface area (TPSA) is 187 Å². The molecule has 0 amide bonds. The molecule has 1 atom stereocenters. The predicted octanol–water partition coefficient (Wildman–Crippen LogP) is 2.67. The SMILES string of the molecule is Cc1c(S(=O)(=O)NCP(=O)(O)Oc2ccc(C#N)c(F)c2)sc2c(F)c(OCCN)c(OCCN)c(F)c12. The van der Waals surface area contributed by atoms with Gasteiger partial charge in [0.1, 0.15) is 41.3 Å². The molecular formula is C21H22F3N4O7PS2. The highest BCUT2D eigenvalue weighted by Gasteiger charge is 2.32. The van der Waals surface area contributed by atoms with Crippen molar-refractivity contribution in [3.8, 4) is 23.3 Å². The molecule has 6 N–H and O–H groups in total. The number of hydrogen-bond acceptors (Lipinski definition) is 10. The lowest BCUT2D eigenvalue weighted by molar-refractivity contribution is 0.258. The van der Waals surface area contributed by atoms with Gasteiger partial charge in [-0.25, -0.2) is 26.2 Å². The van der Waals surface area contributed by atoms with Gasteiger partial charge in [-0.05, 0) is 24.6 Å². The first-order valence-corrected chi connectivity index (χ1v) is 14.7. The van der Waals surface area contributed by atoms with Crippen LogP contribution in [0.5, 0.6) is 17.2 Å². The molecule has 0 saturated carbocycles. The van der Waals surface area contributed by atoms with Crippen molar-refractivity contribution in [2.24, 2.45) is 11.5 Å². The van der Waals surface area contributed by atoms with Gasteiger partial charge in [-0.15, -0.1) is 11.3 Å². The molecule has 0 saturated heterocycles. The molecule has 0 bridgehead atoms. The Hall–Kier alpha value is -2.90. The Balaban J connectivity index is 1.95. The molecule has 38 heavy (non-hydrogen) atoms. The van der Waals surface area contributed by atoms with Crippen LogP contribution in [0.25, 0.3) is 10.1 Å². The Labute approximate surface area is 219 Å². The standard InChI is InChI=1S/C21H22F3N4O7PS2/c1-11-15-16(23)18(33-6-4-25)19(34-7-5-26)17(24)20(15)37-21(11)38(31,32)28-10-36(29,30)35-13-3-2-12(9-27)14(22)8-13/h2-3,8,28H,4-7,10,25-26H2,1H3,(H,29,30). The number of aryl methyl sites for hydroxylation is 1. The first-order chi connectivity index (χ1) is 17.9. The Kier molecular flexibility index (Phi) is 9.26. The summed E-state index contributed by atoms with van der Waals surface area (Å²) in [6.45, 7) is 0.789. The van der Waals surface area contributed by atoms with E-state index in [1.54, 1.807) is 6.07 Å². The zero-order valence-electron chi connectivity index (χ0n) is 19.7. The molecule has 0 radical (unpaired) electrons. The van der Waals surface area contributed by atoms with Crippen LogP contribution in [0.2, 0.25) is 0 Å². The van der Waals surface area contributed by atoms with E-state index in [0.29, 0.717) is 17.4 Å². The number of rotatable bonds is 12. The maximum atomic E-state index is 15.4. The Morgan fingerprint density at radius 2 is 1.74 bits per heavy atom. The Bertz CT molecular complexity index is 1560. The van der Waals surface area contributed by atoms with E-state index in [-0.39, 0.29) is 37.4 Å². The summed E-state index contributed by atoms with van der Waals surface area (Å²) >= 11 is 0.363. The van der Waals surface area contributed by atoms with Crippen LogP contribution in [-0.2, 0) is 14.6 Å². The molecular weight excluding hydrogens is 572 g/mol. The van der Waals surface area contributed by atoms with Crippen molar-refractivity contribution >= 4 is 39.0 Å². The van der Waals surface area contributed by atoms with Crippen molar-refractivity contribution in [1.29, 1.82) is 5.26 Å². The second kappa shape index (κ2) is 11.9. The molecule has 1 aromatic heterocycles. The number of halogens is 3. The van der Waals surface area contributed by atoms with Crippen LogP contribution >= 0.6 is 18.9 Å². The van der Waals surface area contributed by atoms with Gasteiger partial charge in [0.25, 0.3) is 10.0 Å². The van der Waals surface area contributed by atoms with Crippen LogP contribution in [0.4, 0.5) is 13.2 Å². The molecule has 0 fully saturated rings. The van der Waals surface area contributed by atoms with Crippen molar-refractivity contribution in [2.75, 3.05) is 32.6 Å². The summed E-state index contributed by atoms with van der Waals surface area (Å²) < 4.78 is 99.1. The Morgan fingerprint density at radius 3 is 2.29 bits per heavy atom. The summed E-state index contributed by atoms with van der Waals surface area (Å²) in [7, 11) is -9.34. The summed E-state index contributed by atoms with van der Waals surface area (Å²) in [5.74, 6) is -4.82. The summed E-state index contributed by atoms with van der Waals surface area (Å²) in [5, 5.41) is 8.37. The van der Waals surface area contributed by atoms with E-state index in [2.05, 4.69) is 0 Å². The van der Waals surface area contributed by atoms with Crippen LogP contribution in [0.3, 0.4) is 0 Å². The zero-order chi connectivity index (χ0) is 28.3. The number of thiophene rings is 1. The maximum Gasteiger partial charge on any atom is 0.391 e. The van der Waals surface area contributed by atoms with Crippen molar-refractivity contribution in [1.82, 2.24) is 4.72 Å². The second-order valence-corrected chi connectivity index (χ2v) is 12.3. The minimum atomic E-state index is -4.73. The van der Waals surface area contributed by atoms with Crippen molar-refractivity contribution < 1.29 is 45.0 Å². The fourth-order valence-corrected chi connectivity index (χ4v) is 7.55. The van der Waals surface area contributed by atoms with Crippen LogP contribution < -0.4 is 30.2 Å². The number of benzene rings is 2. The molecule has 0 aliphatic carbocycles. The van der Waals surface area contributed by atoms with Crippen LogP contribution in [0.1, 0.15) is 11.1 Å². The van der Waals surface area contributed by atoms with E-state index in [1.165, 1.54) is 6.92 Å². The highest BCUT2D eigenvalue weighted by atomic mass is 32.2. The fraction of sp³-hybridized carbons (Fsp3) is 0.286. The Morgan fingerprint density at radius 1 is 1.13 bits per heavy atom. The predicted molar refractivity (Wildman–Crippen MR) is 132 cm³/mol. The lowest BCUT2D eigenvalue weighted by Gasteiger charge is -2.15. The summed E-state index contributed by atoms with van der Waals surface area (Å²) in [4.78, 5) is 10.1. The lowest BCUT2D eigenvalue weighted by atomic mass is 10.1. The van der Waals surface area contributed by atoms with E-state index >= 15 is 8.78 Å². The third kappa shape index (κ3) is 6.21.